The van der Waals surface area contributed by atoms with Crippen LogP contribution in [0.15, 0.2) is 47.4 Å². The maximum Gasteiger partial charge on any atom is 0.238 e. The zero-order valence-electron chi connectivity index (χ0n) is 15.3. The summed E-state index contributed by atoms with van der Waals surface area (Å²) in [5, 5.41) is 7.69. The smallest absolute Gasteiger partial charge is 0.238 e. The normalized spacial score (nSPS) is 17.4. The molecule has 2 unspecified atom stereocenters. The summed E-state index contributed by atoms with van der Waals surface area (Å²) in [5.41, 5.74) is 1.57. The number of amides is 2. The Kier molecular flexibility index (Phi) is 5.22. The van der Waals surface area contributed by atoms with Crippen LogP contribution in [-0.2, 0) is 19.6 Å². The number of fused-ring (bicyclic) bond motifs is 1. The van der Waals surface area contributed by atoms with Crippen LogP contribution in [0.1, 0.15) is 36.4 Å². The molecule has 0 aromatic heterocycles. The molecule has 0 saturated heterocycles. The van der Waals surface area contributed by atoms with Gasteiger partial charge in [0.1, 0.15) is 5.82 Å². The van der Waals surface area contributed by atoms with Gasteiger partial charge in [-0.05, 0) is 42.3 Å². The monoisotopic (exact) mass is 405 g/mol. The molecule has 3 N–H and O–H groups in total. The fourth-order valence-electron chi connectivity index (χ4n) is 3.25. The van der Waals surface area contributed by atoms with E-state index < -0.39 is 21.8 Å². The minimum Gasteiger partial charge on any atom is -0.338 e. The number of rotatable bonds is 4. The molecule has 2 atom stereocenters. The third kappa shape index (κ3) is 3.90. The summed E-state index contributed by atoms with van der Waals surface area (Å²) < 4.78 is 36.2. The summed E-state index contributed by atoms with van der Waals surface area (Å²) in [4.78, 5) is 26.5. The number of carbonyl (C=O) groups is 2. The molecule has 2 amide bonds. The number of sulfonamides is 1. The zero-order chi connectivity index (χ0) is 20.6. The first-order valence-corrected chi connectivity index (χ1v) is 10.1. The molecule has 0 radical (unpaired) electrons. The maximum atomic E-state index is 13.5. The van der Waals surface area contributed by atoms with E-state index in [4.69, 9.17) is 5.14 Å². The van der Waals surface area contributed by atoms with Crippen molar-refractivity contribution in [1.29, 1.82) is 0 Å². The lowest BCUT2D eigenvalue weighted by Gasteiger charge is -2.32. The fourth-order valence-corrected chi connectivity index (χ4v) is 3.77. The summed E-state index contributed by atoms with van der Waals surface area (Å²) >= 11 is 0. The highest BCUT2D eigenvalue weighted by Crippen LogP contribution is 2.35. The molecule has 0 fully saturated rings. The molecule has 148 valence electrons. The topological polar surface area (TPSA) is 110 Å². The number of nitrogens with two attached hydrogens (primary N) is 1. The van der Waals surface area contributed by atoms with Gasteiger partial charge in [-0.2, -0.15) is 0 Å². The lowest BCUT2D eigenvalue weighted by atomic mass is 9.88. The highest BCUT2D eigenvalue weighted by Gasteiger charge is 2.34. The van der Waals surface area contributed by atoms with Gasteiger partial charge in [-0.1, -0.05) is 18.2 Å². The van der Waals surface area contributed by atoms with Crippen LogP contribution >= 0.6 is 0 Å². The lowest BCUT2D eigenvalue weighted by Crippen LogP contribution is -2.37. The predicted molar refractivity (Wildman–Crippen MR) is 101 cm³/mol. The second-order valence-electron chi connectivity index (χ2n) is 6.78. The quantitative estimate of drug-likeness (QED) is 0.812. The number of likely N-dealkylation sites (N-methyl/N-ethyl adjacent to an activating group) is 1. The van der Waals surface area contributed by atoms with Crippen molar-refractivity contribution in [2.45, 2.75) is 30.2 Å². The van der Waals surface area contributed by atoms with Crippen LogP contribution in [0.5, 0.6) is 0 Å². The molecule has 9 heteroatoms. The molecular formula is C19H20FN3O4S. The minimum atomic E-state index is -3.80. The number of primary sulfonamides is 1. The van der Waals surface area contributed by atoms with E-state index in [1.165, 1.54) is 35.2 Å². The molecule has 7 nitrogen and oxygen atoms in total. The molecule has 3 rings (SSSR count). The first-order chi connectivity index (χ1) is 13.1. The molecule has 0 spiro atoms. The predicted octanol–water partition coefficient (Wildman–Crippen LogP) is 2.12. The second kappa shape index (κ2) is 7.33. The molecule has 1 heterocycles. The number of hydrogen-bond donors (Lipinski definition) is 2. The third-order valence-corrected chi connectivity index (χ3v) is 5.90. The highest BCUT2D eigenvalue weighted by molar-refractivity contribution is 7.89. The van der Waals surface area contributed by atoms with Crippen molar-refractivity contribution in [3.63, 3.8) is 0 Å². The lowest BCUT2D eigenvalue weighted by molar-refractivity contribution is -0.135. The molecule has 1 aliphatic rings. The average molecular weight is 405 g/mol. The van der Waals surface area contributed by atoms with Crippen LogP contribution in [0.2, 0.25) is 0 Å². The van der Waals surface area contributed by atoms with Crippen LogP contribution < -0.4 is 10.5 Å². The Hall–Kier alpha value is -2.78. The SMILES string of the molecule is CC(c1ccc(S(N)(=O)=O)cc1)N(C)C(=O)C1CC(=O)Nc2cc(F)ccc21. The molecule has 28 heavy (non-hydrogen) atoms. The van der Waals surface area contributed by atoms with E-state index in [1.807, 2.05) is 0 Å². The summed E-state index contributed by atoms with van der Waals surface area (Å²) in [6.45, 7) is 1.79. The number of carbonyl (C=O) groups excluding carboxylic acids is 2. The molecule has 2 aromatic rings. The largest absolute Gasteiger partial charge is 0.338 e. The average Bonchev–Trinajstić information content (AvgIpc) is 2.64. The van der Waals surface area contributed by atoms with E-state index in [9.17, 15) is 22.4 Å². The Labute approximate surface area is 162 Å². The van der Waals surface area contributed by atoms with E-state index in [-0.39, 0.29) is 29.2 Å². The molecule has 0 bridgehead atoms. The van der Waals surface area contributed by atoms with E-state index in [2.05, 4.69) is 5.32 Å². The van der Waals surface area contributed by atoms with E-state index in [0.29, 0.717) is 16.8 Å². The zero-order valence-corrected chi connectivity index (χ0v) is 16.2. The molecule has 0 aliphatic carbocycles. The first kappa shape index (κ1) is 20.0. The standard InChI is InChI=1S/C19H20FN3O4S/c1-11(12-3-6-14(7-4-12)28(21,26)27)23(2)19(25)16-10-18(24)22-17-9-13(20)5-8-15(16)17/h3-9,11,16H,10H2,1-2H3,(H,22,24)(H2,21,26,27). The van der Waals surface area contributed by atoms with Crippen LogP contribution in [0.4, 0.5) is 10.1 Å². The fraction of sp³-hybridized carbons (Fsp3) is 0.263. The van der Waals surface area contributed by atoms with E-state index >= 15 is 0 Å². The summed E-state index contributed by atoms with van der Waals surface area (Å²) in [6, 6.07) is 9.52. The Morgan fingerprint density at radius 3 is 2.50 bits per heavy atom. The summed E-state index contributed by atoms with van der Waals surface area (Å²) in [7, 11) is -2.19. The van der Waals surface area contributed by atoms with Gasteiger partial charge in [-0.25, -0.2) is 17.9 Å². The van der Waals surface area contributed by atoms with Crippen molar-refractivity contribution >= 4 is 27.5 Å². The first-order valence-electron chi connectivity index (χ1n) is 8.56. The van der Waals surface area contributed by atoms with Gasteiger partial charge in [0, 0.05) is 19.2 Å². The minimum absolute atomic E-state index is 0.0164. The number of hydrogen-bond acceptors (Lipinski definition) is 4. The van der Waals surface area contributed by atoms with Crippen molar-refractivity contribution in [2.75, 3.05) is 12.4 Å². The Morgan fingerprint density at radius 2 is 1.89 bits per heavy atom. The van der Waals surface area contributed by atoms with Crippen molar-refractivity contribution in [3.05, 3.63) is 59.4 Å². The van der Waals surface area contributed by atoms with Gasteiger partial charge in [0.2, 0.25) is 21.8 Å². The van der Waals surface area contributed by atoms with Gasteiger partial charge in [0.05, 0.1) is 16.9 Å². The number of halogens is 1. The molecular weight excluding hydrogens is 385 g/mol. The van der Waals surface area contributed by atoms with Gasteiger partial charge in [0.25, 0.3) is 0 Å². The van der Waals surface area contributed by atoms with Gasteiger partial charge < -0.3 is 10.2 Å². The van der Waals surface area contributed by atoms with Gasteiger partial charge >= 0.3 is 0 Å². The third-order valence-electron chi connectivity index (χ3n) is 4.97. The molecule has 1 aliphatic heterocycles. The van der Waals surface area contributed by atoms with E-state index in [1.54, 1.807) is 26.1 Å². The van der Waals surface area contributed by atoms with Crippen molar-refractivity contribution in [3.8, 4) is 0 Å². The maximum absolute atomic E-state index is 13.5. The highest BCUT2D eigenvalue weighted by atomic mass is 32.2. The Balaban J connectivity index is 1.85. The van der Waals surface area contributed by atoms with Crippen molar-refractivity contribution in [2.24, 2.45) is 5.14 Å². The second-order valence-corrected chi connectivity index (χ2v) is 8.34. The summed E-state index contributed by atoms with van der Waals surface area (Å²) in [5.74, 6) is -1.86. The van der Waals surface area contributed by atoms with Gasteiger partial charge in [-0.15, -0.1) is 0 Å². The van der Waals surface area contributed by atoms with E-state index in [0.717, 1.165) is 0 Å². The number of benzene rings is 2. The van der Waals surface area contributed by atoms with Crippen LogP contribution in [0.25, 0.3) is 0 Å². The van der Waals surface area contributed by atoms with Crippen LogP contribution in [0, 0.1) is 5.82 Å². The number of nitrogens with one attached hydrogen (secondary N) is 1. The van der Waals surface area contributed by atoms with Gasteiger partial charge in [-0.3, -0.25) is 9.59 Å². The Morgan fingerprint density at radius 1 is 1.25 bits per heavy atom. The Bertz CT molecular complexity index is 1040. The number of anilines is 1. The molecule has 2 aromatic carbocycles. The van der Waals surface area contributed by atoms with Crippen molar-refractivity contribution < 1.29 is 22.4 Å². The van der Waals surface area contributed by atoms with Crippen LogP contribution in [0.3, 0.4) is 0 Å². The van der Waals surface area contributed by atoms with Crippen LogP contribution in [-0.4, -0.2) is 32.2 Å². The molecule has 0 saturated carbocycles. The van der Waals surface area contributed by atoms with Gasteiger partial charge in [0.15, 0.2) is 0 Å². The number of nitrogens with zero attached hydrogens (tertiary/aromatic N) is 1. The summed E-state index contributed by atoms with van der Waals surface area (Å²) in [6.07, 6.45) is -0.0289. The van der Waals surface area contributed by atoms with Crippen molar-refractivity contribution in [1.82, 2.24) is 4.90 Å².